The van der Waals surface area contributed by atoms with Crippen molar-refractivity contribution in [1.82, 2.24) is 64.5 Å². The SMILES string of the molecule is C=C1NC(=O)c2nc(C)c(=O)n(C[C@H](O)[C@H](O)[C@H](O)CO)c2N1.C=C1NC(=O)c2nc(C)c(=O)n(C[C@H](O)[C@H](O)[C@H](O)COC(C)=O)c2N1.C=C1NC(=O)c2nc(CCC(=O)O)c(=O)n(C[C@H](O)[C@H](O)[C@H](O)CO)c2N1.C=c1nc([O-])c2c(n1)N(C[C@H](O)[C@H](O)[C@H](O)CO)C(C)=C(C)N=2.C=c1nc2c(c(=O)[nH]1)=NC(CO)=CN2C[C@H](O)[C@H](O)[C@H](O)CO. The predicted molar refractivity (Wildman–Crippen MR) is 414 cm³/mol. The lowest BCUT2D eigenvalue weighted by Crippen LogP contribution is -2.49. The number of esters is 1. The first-order valence-corrected chi connectivity index (χ1v) is 36.2. The Morgan fingerprint density at radius 2 is 0.869 bits per heavy atom. The van der Waals surface area contributed by atoms with Crippen LogP contribution in [0.1, 0.15) is 75.7 Å². The van der Waals surface area contributed by atoms with Crippen molar-refractivity contribution in [3.05, 3.63) is 158 Å². The van der Waals surface area contributed by atoms with Crippen LogP contribution in [0.3, 0.4) is 0 Å². The number of nitrogens with zero attached hydrogens (tertiary/aromatic N) is 13. The number of carboxylic acids is 1. The Bertz CT molecular complexity index is 5310. The maximum absolute atomic E-state index is 12.7. The van der Waals surface area contributed by atoms with Crippen LogP contribution < -0.4 is 90.7 Å². The topological polar surface area (TPSA) is 822 Å². The van der Waals surface area contributed by atoms with Gasteiger partial charge in [-0.1, -0.05) is 32.9 Å². The number of rotatable bonds is 30. The van der Waals surface area contributed by atoms with Crippen molar-refractivity contribution in [1.29, 1.82) is 0 Å². The molecule has 0 aliphatic carbocycles. The zero-order chi connectivity index (χ0) is 91.7. The van der Waals surface area contributed by atoms with Crippen molar-refractivity contribution in [3.8, 4) is 5.88 Å². The van der Waals surface area contributed by atoms with Gasteiger partial charge < -0.3 is 164 Å². The highest BCUT2D eigenvalue weighted by Gasteiger charge is 2.37. The van der Waals surface area contributed by atoms with Crippen LogP contribution in [-0.4, -0.2) is 330 Å². The van der Waals surface area contributed by atoms with Gasteiger partial charge in [-0.05, 0) is 27.7 Å². The quantitative estimate of drug-likeness (QED) is 0.0190. The minimum absolute atomic E-state index is 0.00933. The molecular formula is C70H95N20O32-. The number of aliphatic hydroxyl groups excluding tert-OH is 20. The van der Waals surface area contributed by atoms with E-state index >= 15 is 0 Å². The molecule has 0 saturated carbocycles. The standard InChI is InChI=1S/C15H20N4O8.C15H20N4O7.C14H20N4O5.2C13H18N4O6/c1-6-16-13-11(14(26)17-6)18-7(2-3-10(23)24)15(27)19(13)4-8(21)12(25)9(22)5-20;1-6-15(25)19(13-11(16-6)14(24)18-7(2)17-13)4-9(21)12(23)10(22)5-26-8(3)20;1-6-7(2)18(4-9(20)12(22)10(21)5-19)13-11(15-6)14(23)17-8(3)16-13;1-6-14-12-10(13(23)15-6)16-7(4-18)2-17(12)3-8(20)11(22)9(21)5-19;1-5-13(23)17(3-7(19)10(21)8(20)4-18)11-9(14-5)12(22)16-6(2)15-11/h8-9,12,16,20-22,25H,1-5H2,(H,17,26)(H,23,24);9-10,12,17,21-23H,2,4-5H2,1,3H3,(H,18,24);9-10,12,19-22H,3-5H2,1-2H3,(H,17,23);2,8-9,11,18-22H,1,3-5H2,(H,15,23);7-8,10,15,18-21H,2-4H2,1H3,(H,16,22)/p-1/t8-,9+,12-;2*9-,10+,12-;8-,9+,11-;7-,8+,10-/m00000/s1. The summed E-state index contributed by atoms with van der Waals surface area (Å²) in [7, 11) is 0. The Hall–Kier alpha value is -12.0. The van der Waals surface area contributed by atoms with E-state index < -0.39 is 215 Å². The van der Waals surface area contributed by atoms with E-state index in [9.17, 15) is 130 Å². The fourth-order valence-electron chi connectivity index (χ4n) is 11.4. The molecule has 5 aliphatic heterocycles. The fraction of sp³-hybridized carbons (Fsp3) is 0.471. The molecule has 5 aromatic rings. The zero-order valence-corrected chi connectivity index (χ0v) is 65.7. The van der Waals surface area contributed by atoms with Crippen molar-refractivity contribution >= 4 is 71.9 Å². The summed E-state index contributed by atoms with van der Waals surface area (Å²) in [5.41, 5.74) is -1.62. The number of β-amino-alcohol motifs (C(OH)–C–C–N with tert-alkyl or cyclic N) is 2. The molecule has 5 aromatic heterocycles. The molecule has 52 heteroatoms. The molecule has 0 spiro atoms. The van der Waals surface area contributed by atoms with Gasteiger partial charge >= 0.3 is 11.9 Å². The predicted octanol–water partition coefficient (Wildman–Crippen LogP) is -15.7. The van der Waals surface area contributed by atoms with Gasteiger partial charge in [-0.25, -0.2) is 39.9 Å². The van der Waals surface area contributed by atoms with E-state index in [1.807, 2.05) is 0 Å². The maximum atomic E-state index is 12.7. The average molecular weight is 1730 g/mol. The van der Waals surface area contributed by atoms with Gasteiger partial charge in [-0.2, -0.15) is 0 Å². The Morgan fingerprint density at radius 3 is 1.27 bits per heavy atom. The average Bonchev–Trinajstić information content (AvgIpc) is 0.803. The van der Waals surface area contributed by atoms with E-state index in [2.05, 4.69) is 114 Å². The number of fused-ring (bicyclic) bond motifs is 5. The van der Waals surface area contributed by atoms with Crippen LogP contribution in [0, 0.1) is 13.8 Å². The minimum atomic E-state index is -1.77. The first kappa shape index (κ1) is 98.8. The van der Waals surface area contributed by atoms with Crippen LogP contribution in [0.5, 0.6) is 5.88 Å². The number of carbonyl (C=O) groups is 5. The second-order valence-electron chi connectivity index (χ2n) is 27.3. The van der Waals surface area contributed by atoms with E-state index in [4.69, 9.17) is 25.5 Å². The largest absolute Gasteiger partial charge is 0.857 e. The lowest BCUT2D eigenvalue weighted by Gasteiger charge is -2.32. The van der Waals surface area contributed by atoms with E-state index in [1.165, 1.54) is 29.8 Å². The second-order valence-corrected chi connectivity index (χ2v) is 27.3. The number of aromatic amines is 1. The number of allylic oxidation sites excluding steroid dienone is 2. The molecule has 0 radical (unpaired) electrons. The zero-order valence-electron chi connectivity index (χ0n) is 65.7. The lowest BCUT2D eigenvalue weighted by molar-refractivity contribution is -0.277. The number of aryl methyl sites for hydroxylation is 3. The number of carbonyl (C=O) groups excluding carboxylic acids is 4. The Morgan fingerprint density at radius 1 is 0.475 bits per heavy atom. The summed E-state index contributed by atoms with van der Waals surface area (Å²) in [4.78, 5) is 144. The van der Waals surface area contributed by atoms with Gasteiger partial charge in [0.05, 0.1) is 83.6 Å². The molecule has 10 rings (SSSR count). The summed E-state index contributed by atoms with van der Waals surface area (Å²) < 4.78 is 7.52. The Kier molecular flexibility index (Phi) is 35.2. The smallest absolute Gasteiger partial charge is 0.303 e. The van der Waals surface area contributed by atoms with Crippen LogP contribution in [0.2, 0.25) is 0 Å². The first-order chi connectivity index (χ1) is 57.1. The third-order valence-electron chi connectivity index (χ3n) is 18.0. The molecule has 3 amide bonds. The number of nitrogens with one attached hydrogen (secondary N) is 7. The number of aromatic nitrogens is 10. The monoisotopic (exact) mass is 1730 g/mol. The summed E-state index contributed by atoms with van der Waals surface area (Å²) in [6, 6.07) is 0. The van der Waals surface area contributed by atoms with Crippen molar-refractivity contribution in [2.75, 3.05) is 78.5 Å². The molecule has 0 fully saturated rings. The number of aliphatic carboxylic acids is 1. The number of carboxylic acid groups (broad SMARTS) is 1. The molecule has 0 unspecified atom stereocenters. The molecule has 28 N–H and O–H groups in total. The molecule has 0 bridgehead atoms. The van der Waals surface area contributed by atoms with Gasteiger partial charge in [0.2, 0.25) is 0 Å². The van der Waals surface area contributed by atoms with Crippen molar-refractivity contribution in [3.63, 3.8) is 0 Å². The van der Waals surface area contributed by atoms with Crippen LogP contribution in [0.15, 0.2) is 89.7 Å². The molecule has 122 heavy (non-hydrogen) atoms. The van der Waals surface area contributed by atoms with Crippen molar-refractivity contribution in [2.24, 2.45) is 9.98 Å². The number of hydrogen-bond acceptors (Lipinski definition) is 44. The van der Waals surface area contributed by atoms with Crippen molar-refractivity contribution < 1.29 is 141 Å². The van der Waals surface area contributed by atoms with Gasteiger partial charge in [0.1, 0.15) is 166 Å². The minimum Gasteiger partial charge on any atom is -0.857 e. The molecule has 0 saturated heterocycles. The van der Waals surface area contributed by atoms with E-state index in [1.54, 1.807) is 13.8 Å². The van der Waals surface area contributed by atoms with Crippen LogP contribution in [0.4, 0.5) is 29.1 Å². The summed E-state index contributed by atoms with van der Waals surface area (Å²) >= 11 is 0. The lowest BCUT2D eigenvalue weighted by atomic mass is 10.1. The van der Waals surface area contributed by atoms with E-state index in [-0.39, 0.29) is 128 Å². The van der Waals surface area contributed by atoms with E-state index in [0.29, 0.717) is 11.4 Å². The Labute approximate surface area is 686 Å². The van der Waals surface area contributed by atoms with Gasteiger partial charge in [0.25, 0.3) is 40.0 Å². The third-order valence-corrected chi connectivity index (χ3v) is 18.0. The number of hydrogen-bond donors (Lipinski definition) is 28. The fourth-order valence-corrected chi connectivity index (χ4v) is 11.4. The van der Waals surface area contributed by atoms with Gasteiger partial charge in [-0.3, -0.25) is 56.9 Å². The first-order valence-electron chi connectivity index (χ1n) is 36.2. The summed E-state index contributed by atoms with van der Waals surface area (Å²) in [6.07, 6.45) is -23.0. The van der Waals surface area contributed by atoms with Crippen LogP contribution in [0.25, 0.3) is 13.2 Å². The second kappa shape index (κ2) is 43.5. The number of amides is 3. The van der Waals surface area contributed by atoms with E-state index in [0.717, 1.165) is 20.6 Å². The number of H-pyrrole nitrogens is 1. The van der Waals surface area contributed by atoms with Gasteiger partial charge in [0, 0.05) is 31.1 Å². The summed E-state index contributed by atoms with van der Waals surface area (Å²) in [5.74, 6) is -3.73. The highest BCUT2D eigenvalue weighted by atomic mass is 16.5. The highest BCUT2D eigenvalue weighted by Crippen LogP contribution is 2.26. The molecule has 0 aromatic carbocycles. The van der Waals surface area contributed by atoms with Gasteiger partial charge in [-0.15, -0.1) is 0 Å². The molecule has 10 heterocycles. The third kappa shape index (κ3) is 24.6. The van der Waals surface area contributed by atoms with Gasteiger partial charge in [0.15, 0.2) is 34.1 Å². The van der Waals surface area contributed by atoms with Crippen molar-refractivity contribution in [2.45, 2.75) is 159 Å². The van der Waals surface area contributed by atoms with Crippen LogP contribution >= 0.6 is 0 Å². The number of aliphatic hydroxyl groups is 20. The number of anilines is 5. The summed E-state index contributed by atoms with van der Waals surface area (Å²) in [5, 5.41) is 227. The number of ether oxygens (including phenoxy) is 1. The molecule has 15 atom stereocenters. The highest BCUT2D eigenvalue weighted by molar-refractivity contribution is 6.02. The molecule has 52 nitrogen and oxygen atoms in total. The van der Waals surface area contributed by atoms with Crippen LogP contribution in [-0.2, 0) is 40.4 Å². The maximum Gasteiger partial charge on any atom is 0.303 e. The molecule has 668 valence electrons. The molecular weight excluding hydrogens is 1630 g/mol. The summed E-state index contributed by atoms with van der Waals surface area (Å²) in [6.45, 7) is 19.2. The Balaban J connectivity index is 0.000000236. The molecule has 5 aliphatic rings. The normalized spacial score (nSPS) is 17.4.